The van der Waals surface area contributed by atoms with E-state index in [-0.39, 0.29) is 11.8 Å². The summed E-state index contributed by atoms with van der Waals surface area (Å²) in [5.41, 5.74) is 3.79. The summed E-state index contributed by atoms with van der Waals surface area (Å²) in [5.74, 6) is 0.916. The third-order valence-corrected chi connectivity index (χ3v) is 4.57. The van der Waals surface area contributed by atoms with Crippen molar-refractivity contribution in [1.29, 1.82) is 0 Å². The fourth-order valence-electron chi connectivity index (χ4n) is 2.80. The maximum absolute atomic E-state index is 12.0. The second kappa shape index (κ2) is 6.03. The first-order chi connectivity index (χ1) is 11.7. The van der Waals surface area contributed by atoms with E-state index in [1.807, 2.05) is 24.3 Å². The zero-order chi connectivity index (χ0) is 16.5. The van der Waals surface area contributed by atoms with E-state index < -0.39 is 0 Å². The molecular formula is C18H19N5O. The van der Waals surface area contributed by atoms with Crippen molar-refractivity contribution in [2.75, 3.05) is 0 Å². The van der Waals surface area contributed by atoms with Gasteiger partial charge in [-0.15, -0.1) is 10.2 Å². The number of benzene rings is 1. The molecule has 0 radical (unpaired) electrons. The molecule has 1 aliphatic rings. The number of carbonyl (C=O) groups excluding carboxylic acids is 1. The fraction of sp³-hybridized carbons (Fsp3) is 0.333. The maximum Gasteiger partial charge on any atom is 0.223 e. The van der Waals surface area contributed by atoms with Gasteiger partial charge in [-0.2, -0.15) is 9.61 Å². The Kier molecular flexibility index (Phi) is 3.72. The smallest absolute Gasteiger partial charge is 0.223 e. The van der Waals surface area contributed by atoms with Gasteiger partial charge in [-0.1, -0.05) is 36.2 Å². The monoisotopic (exact) mass is 321 g/mol. The van der Waals surface area contributed by atoms with Gasteiger partial charge < -0.3 is 5.32 Å². The van der Waals surface area contributed by atoms with E-state index in [0.29, 0.717) is 18.0 Å². The molecule has 24 heavy (non-hydrogen) atoms. The number of nitrogens with zero attached hydrogens (tertiary/aromatic N) is 4. The molecule has 0 unspecified atom stereocenters. The third kappa shape index (κ3) is 2.75. The lowest BCUT2D eigenvalue weighted by molar-refractivity contribution is -0.127. The summed E-state index contributed by atoms with van der Waals surface area (Å²) in [6.45, 7) is 2.41. The van der Waals surface area contributed by atoms with E-state index in [2.05, 4.69) is 39.7 Å². The van der Waals surface area contributed by atoms with Crippen molar-refractivity contribution in [3.8, 4) is 11.3 Å². The van der Waals surface area contributed by atoms with Crippen molar-refractivity contribution in [1.82, 2.24) is 25.1 Å². The first-order valence-electron chi connectivity index (χ1n) is 8.27. The summed E-state index contributed by atoms with van der Waals surface area (Å²) in [7, 11) is 0. The topological polar surface area (TPSA) is 72.2 Å². The highest BCUT2D eigenvalue weighted by atomic mass is 16.1. The summed E-state index contributed by atoms with van der Waals surface area (Å²) >= 11 is 0. The predicted octanol–water partition coefficient (Wildman–Crippen LogP) is 2.52. The Labute approximate surface area is 139 Å². The third-order valence-electron chi connectivity index (χ3n) is 4.57. The van der Waals surface area contributed by atoms with Crippen LogP contribution in [-0.2, 0) is 11.3 Å². The number of rotatable bonds is 4. The van der Waals surface area contributed by atoms with Gasteiger partial charge in [0.05, 0.1) is 12.2 Å². The van der Waals surface area contributed by atoms with Crippen LogP contribution in [-0.4, -0.2) is 25.7 Å². The van der Waals surface area contributed by atoms with Gasteiger partial charge in [-0.05, 0) is 31.9 Å². The summed E-state index contributed by atoms with van der Waals surface area (Å²) in [6, 6.07) is 12.1. The number of aromatic nitrogens is 4. The minimum atomic E-state index is 0.104. The van der Waals surface area contributed by atoms with Crippen LogP contribution in [0, 0.1) is 12.8 Å². The van der Waals surface area contributed by atoms with Crippen LogP contribution in [0.15, 0.2) is 36.4 Å². The van der Waals surface area contributed by atoms with Crippen LogP contribution in [0.25, 0.3) is 16.9 Å². The van der Waals surface area contributed by atoms with Gasteiger partial charge in [0.2, 0.25) is 5.91 Å². The highest BCUT2D eigenvalue weighted by molar-refractivity contribution is 5.79. The van der Waals surface area contributed by atoms with Crippen LogP contribution in [0.1, 0.15) is 30.7 Å². The predicted molar refractivity (Wildman–Crippen MR) is 90.1 cm³/mol. The second-order valence-electron chi connectivity index (χ2n) is 6.32. The van der Waals surface area contributed by atoms with Crippen LogP contribution in [0.2, 0.25) is 0 Å². The van der Waals surface area contributed by atoms with Crippen molar-refractivity contribution in [3.05, 3.63) is 47.8 Å². The number of aryl methyl sites for hydroxylation is 1. The van der Waals surface area contributed by atoms with Crippen LogP contribution >= 0.6 is 0 Å². The molecule has 0 bridgehead atoms. The molecule has 0 atom stereocenters. The van der Waals surface area contributed by atoms with Crippen LogP contribution in [0.3, 0.4) is 0 Å². The minimum absolute atomic E-state index is 0.104. The van der Waals surface area contributed by atoms with Gasteiger partial charge >= 0.3 is 0 Å². The van der Waals surface area contributed by atoms with Crippen LogP contribution < -0.4 is 5.32 Å². The molecule has 122 valence electrons. The largest absolute Gasteiger partial charge is 0.348 e. The van der Waals surface area contributed by atoms with Crippen LogP contribution in [0.4, 0.5) is 0 Å². The molecule has 1 amide bonds. The molecule has 2 aromatic heterocycles. The second-order valence-corrected chi connectivity index (χ2v) is 6.32. The Bertz CT molecular complexity index is 880. The van der Waals surface area contributed by atoms with E-state index in [9.17, 15) is 4.79 Å². The van der Waals surface area contributed by atoms with Gasteiger partial charge in [0.1, 0.15) is 0 Å². The quantitative estimate of drug-likeness (QED) is 0.801. The molecule has 4 rings (SSSR count). The van der Waals surface area contributed by atoms with Gasteiger partial charge in [0.25, 0.3) is 0 Å². The summed E-state index contributed by atoms with van der Waals surface area (Å²) in [4.78, 5) is 12.0. The average Bonchev–Trinajstić information content (AvgIpc) is 2.94. The molecule has 1 N–H and O–H groups in total. The highest BCUT2D eigenvalue weighted by Gasteiger charge is 2.25. The Morgan fingerprint density at radius 2 is 1.96 bits per heavy atom. The zero-order valence-electron chi connectivity index (χ0n) is 13.6. The summed E-state index contributed by atoms with van der Waals surface area (Å²) in [5, 5.41) is 15.9. The Morgan fingerprint density at radius 3 is 2.67 bits per heavy atom. The molecule has 0 spiro atoms. The molecule has 1 aromatic carbocycles. The maximum atomic E-state index is 12.0. The molecular weight excluding hydrogens is 302 g/mol. The number of hydrogen-bond acceptors (Lipinski definition) is 4. The number of fused-ring (bicyclic) bond motifs is 1. The lowest BCUT2D eigenvalue weighted by Gasteiger charge is -2.23. The normalized spacial score (nSPS) is 14.5. The number of nitrogens with one attached hydrogen (secondary N) is 1. The number of amides is 1. The molecule has 6 heteroatoms. The first-order valence-corrected chi connectivity index (χ1v) is 8.27. The molecule has 2 heterocycles. The van der Waals surface area contributed by atoms with Crippen molar-refractivity contribution in [3.63, 3.8) is 0 Å². The molecule has 0 aliphatic heterocycles. The number of carbonyl (C=O) groups is 1. The van der Waals surface area contributed by atoms with E-state index >= 15 is 0 Å². The molecule has 1 aliphatic carbocycles. The Hall–Kier alpha value is -2.76. The molecule has 0 saturated heterocycles. The molecule has 3 aromatic rings. The summed E-state index contributed by atoms with van der Waals surface area (Å²) in [6.07, 6.45) is 3.12. The average molecular weight is 321 g/mol. The van der Waals surface area contributed by atoms with E-state index in [1.54, 1.807) is 4.52 Å². The number of hydrogen-bond donors (Lipinski definition) is 1. The zero-order valence-corrected chi connectivity index (χ0v) is 13.6. The minimum Gasteiger partial charge on any atom is -0.348 e. The van der Waals surface area contributed by atoms with E-state index in [1.165, 1.54) is 5.56 Å². The Balaban J connectivity index is 1.58. The lowest BCUT2D eigenvalue weighted by Crippen LogP contribution is -2.34. The SMILES string of the molecule is Cc1ccc(-c2ccc3nnc(CNC(=O)C4CCC4)n3n2)cc1. The first kappa shape index (κ1) is 14.8. The van der Waals surface area contributed by atoms with Crippen molar-refractivity contribution < 1.29 is 4.79 Å². The van der Waals surface area contributed by atoms with Gasteiger partial charge in [-0.25, -0.2) is 0 Å². The van der Waals surface area contributed by atoms with E-state index in [0.717, 1.165) is 30.5 Å². The van der Waals surface area contributed by atoms with E-state index in [4.69, 9.17) is 0 Å². The standard InChI is InChI=1S/C18H19N5O/c1-12-5-7-13(8-6-12)15-9-10-16-20-21-17(23(16)22-15)11-19-18(24)14-3-2-4-14/h5-10,14H,2-4,11H2,1H3,(H,19,24). The highest BCUT2D eigenvalue weighted by Crippen LogP contribution is 2.26. The lowest BCUT2D eigenvalue weighted by atomic mass is 9.85. The van der Waals surface area contributed by atoms with Gasteiger partial charge in [0.15, 0.2) is 11.5 Å². The van der Waals surface area contributed by atoms with Crippen LogP contribution in [0.5, 0.6) is 0 Å². The van der Waals surface area contributed by atoms with Gasteiger partial charge in [0, 0.05) is 11.5 Å². The van der Waals surface area contributed by atoms with Crippen molar-refractivity contribution >= 4 is 11.6 Å². The summed E-state index contributed by atoms with van der Waals surface area (Å²) < 4.78 is 1.70. The fourth-order valence-corrected chi connectivity index (χ4v) is 2.80. The van der Waals surface area contributed by atoms with Crippen molar-refractivity contribution in [2.24, 2.45) is 5.92 Å². The molecule has 6 nitrogen and oxygen atoms in total. The molecule has 1 fully saturated rings. The Morgan fingerprint density at radius 1 is 1.17 bits per heavy atom. The molecule has 1 saturated carbocycles. The van der Waals surface area contributed by atoms with Crippen molar-refractivity contribution in [2.45, 2.75) is 32.7 Å². The van der Waals surface area contributed by atoms with Gasteiger partial charge in [-0.3, -0.25) is 4.79 Å².